The number of aromatic amines is 1. The SMILES string of the molecule is COc1cccc(NC(=O)CSc2nc3cc(-c4ccccc4)[nH]c3c(=O)n2Cc2ccccc2)c1. The van der Waals surface area contributed by atoms with Crippen molar-refractivity contribution in [3.8, 4) is 17.0 Å². The third kappa shape index (κ3) is 5.18. The van der Waals surface area contributed by atoms with Gasteiger partial charge >= 0.3 is 0 Å². The Kier molecular flexibility index (Phi) is 6.86. The molecule has 0 aliphatic rings. The van der Waals surface area contributed by atoms with E-state index in [2.05, 4.69) is 10.3 Å². The predicted octanol–water partition coefficient (Wildman–Crippen LogP) is 5.18. The fraction of sp³-hybridized carbons (Fsp3) is 0.107. The minimum atomic E-state index is -0.201. The number of ether oxygens (including phenoxy) is 1. The molecule has 2 aromatic heterocycles. The Hall–Kier alpha value is -4.30. The molecule has 0 fully saturated rings. The van der Waals surface area contributed by atoms with Gasteiger partial charge in [-0.05, 0) is 29.3 Å². The van der Waals surface area contributed by atoms with Crippen LogP contribution in [0.25, 0.3) is 22.3 Å². The first kappa shape index (κ1) is 23.4. The van der Waals surface area contributed by atoms with Crippen LogP contribution in [-0.2, 0) is 11.3 Å². The van der Waals surface area contributed by atoms with Crippen LogP contribution in [0, 0.1) is 0 Å². The second-order valence-electron chi connectivity index (χ2n) is 8.15. The normalized spacial score (nSPS) is 10.9. The van der Waals surface area contributed by atoms with E-state index in [-0.39, 0.29) is 17.2 Å². The number of carbonyl (C=O) groups excluding carboxylic acids is 1. The van der Waals surface area contributed by atoms with Gasteiger partial charge in [-0.25, -0.2) is 4.98 Å². The molecule has 0 radical (unpaired) electrons. The molecule has 0 saturated heterocycles. The molecule has 0 saturated carbocycles. The van der Waals surface area contributed by atoms with Crippen molar-refractivity contribution in [3.63, 3.8) is 0 Å². The lowest BCUT2D eigenvalue weighted by Crippen LogP contribution is -2.25. The van der Waals surface area contributed by atoms with E-state index in [1.165, 1.54) is 11.8 Å². The highest BCUT2D eigenvalue weighted by molar-refractivity contribution is 7.99. The van der Waals surface area contributed by atoms with Crippen LogP contribution >= 0.6 is 11.8 Å². The number of hydrogen-bond donors (Lipinski definition) is 2. The van der Waals surface area contributed by atoms with Gasteiger partial charge in [-0.15, -0.1) is 0 Å². The van der Waals surface area contributed by atoms with Gasteiger partial charge in [-0.3, -0.25) is 14.2 Å². The third-order valence-electron chi connectivity index (χ3n) is 5.66. The molecule has 0 aliphatic carbocycles. The lowest BCUT2D eigenvalue weighted by molar-refractivity contribution is -0.113. The molecule has 2 N–H and O–H groups in total. The minimum absolute atomic E-state index is 0.0971. The number of hydrogen-bond acceptors (Lipinski definition) is 5. The molecule has 36 heavy (non-hydrogen) atoms. The number of nitrogens with one attached hydrogen (secondary N) is 2. The van der Waals surface area contributed by atoms with Crippen LogP contribution in [0.2, 0.25) is 0 Å². The Morgan fingerprint density at radius 1 is 1.00 bits per heavy atom. The lowest BCUT2D eigenvalue weighted by atomic mass is 10.2. The van der Waals surface area contributed by atoms with Crippen LogP contribution in [0.5, 0.6) is 5.75 Å². The van der Waals surface area contributed by atoms with Crippen LogP contribution in [-0.4, -0.2) is 33.3 Å². The van der Waals surface area contributed by atoms with E-state index < -0.39 is 0 Å². The molecule has 5 rings (SSSR count). The van der Waals surface area contributed by atoms with Crippen LogP contribution in [0.15, 0.2) is 101 Å². The zero-order valence-electron chi connectivity index (χ0n) is 19.6. The van der Waals surface area contributed by atoms with Gasteiger partial charge in [0, 0.05) is 17.4 Å². The second kappa shape index (κ2) is 10.5. The summed E-state index contributed by atoms with van der Waals surface area (Å²) in [5, 5.41) is 3.35. The Balaban J connectivity index is 1.46. The number of benzene rings is 3. The second-order valence-corrected chi connectivity index (χ2v) is 9.09. The number of rotatable bonds is 8. The maximum absolute atomic E-state index is 13.6. The van der Waals surface area contributed by atoms with Crippen molar-refractivity contribution in [2.24, 2.45) is 0 Å². The summed E-state index contributed by atoms with van der Waals surface area (Å²) in [6.07, 6.45) is 0. The number of carbonyl (C=O) groups is 1. The first-order valence-electron chi connectivity index (χ1n) is 11.4. The number of fused-ring (bicyclic) bond motifs is 1. The largest absolute Gasteiger partial charge is 0.497 e. The molecule has 0 atom stereocenters. The van der Waals surface area contributed by atoms with Crippen LogP contribution in [0.1, 0.15) is 5.56 Å². The summed E-state index contributed by atoms with van der Waals surface area (Å²) in [7, 11) is 1.58. The summed E-state index contributed by atoms with van der Waals surface area (Å²) in [4.78, 5) is 34.3. The number of methoxy groups -OCH3 is 1. The zero-order chi connectivity index (χ0) is 24.9. The summed E-state index contributed by atoms with van der Waals surface area (Å²) in [6.45, 7) is 0.349. The van der Waals surface area contributed by atoms with Crippen molar-refractivity contribution in [1.82, 2.24) is 14.5 Å². The Morgan fingerprint density at radius 3 is 2.50 bits per heavy atom. The fourth-order valence-corrected chi connectivity index (χ4v) is 4.70. The van der Waals surface area contributed by atoms with Crippen LogP contribution < -0.4 is 15.6 Å². The lowest BCUT2D eigenvalue weighted by Gasteiger charge is -2.12. The van der Waals surface area contributed by atoms with Gasteiger partial charge in [0.1, 0.15) is 11.3 Å². The van der Waals surface area contributed by atoms with E-state index in [0.717, 1.165) is 16.8 Å². The van der Waals surface area contributed by atoms with Gasteiger partial charge in [0.05, 0.1) is 24.9 Å². The molecule has 7 nitrogen and oxygen atoms in total. The minimum Gasteiger partial charge on any atom is -0.497 e. The number of H-pyrrole nitrogens is 1. The van der Waals surface area contributed by atoms with Crippen LogP contribution in [0.3, 0.4) is 0 Å². The molecular weight excluding hydrogens is 472 g/mol. The highest BCUT2D eigenvalue weighted by Crippen LogP contribution is 2.25. The molecule has 0 aliphatic heterocycles. The maximum Gasteiger partial charge on any atom is 0.278 e. The van der Waals surface area contributed by atoms with E-state index in [4.69, 9.17) is 9.72 Å². The first-order chi connectivity index (χ1) is 17.6. The van der Waals surface area contributed by atoms with Crippen molar-refractivity contribution in [2.45, 2.75) is 11.7 Å². The van der Waals surface area contributed by atoms with Crippen molar-refractivity contribution < 1.29 is 9.53 Å². The van der Waals surface area contributed by atoms with Gasteiger partial charge in [-0.1, -0.05) is 78.5 Å². The van der Waals surface area contributed by atoms with Crippen molar-refractivity contribution >= 4 is 34.4 Å². The van der Waals surface area contributed by atoms with E-state index in [9.17, 15) is 9.59 Å². The first-order valence-corrected chi connectivity index (χ1v) is 12.4. The predicted molar refractivity (Wildman–Crippen MR) is 144 cm³/mol. The maximum atomic E-state index is 13.6. The summed E-state index contributed by atoms with van der Waals surface area (Å²) in [6, 6.07) is 28.6. The van der Waals surface area contributed by atoms with Gasteiger partial charge < -0.3 is 15.0 Å². The summed E-state index contributed by atoms with van der Waals surface area (Å²) in [5.41, 5.74) is 4.23. The van der Waals surface area contributed by atoms with Gasteiger partial charge in [0.2, 0.25) is 5.91 Å². The summed E-state index contributed by atoms with van der Waals surface area (Å²) >= 11 is 1.23. The topological polar surface area (TPSA) is 89.0 Å². The molecular formula is C28H24N4O3S. The smallest absolute Gasteiger partial charge is 0.278 e. The van der Waals surface area contributed by atoms with E-state index in [0.29, 0.717) is 34.2 Å². The van der Waals surface area contributed by atoms with E-state index >= 15 is 0 Å². The van der Waals surface area contributed by atoms with Gasteiger partial charge in [0.15, 0.2) is 5.16 Å². The monoisotopic (exact) mass is 496 g/mol. The van der Waals surface area contributed by atoms with E-state index in [1.807, 2.05) is 78.9 Å². The molecule has 180 valence electrons. The summed E-state index contributed by atoms with van der Waals surface area (Å²) < 4.78 is 6.84. The molecule has 2 heterocycles. The zero-order valence-corrected chi connectivity index (χ0v) is 20.4. The highest BCUT2D eigenvalue weighted by Gasteiger charge is 2.17. The molecule has 8 heteroatoms. The van der Waals surface area contributed by atoms with Crippen molar-refractivity contribution in [1.29, 1.82) is 0 Å². The number of anilines is 1. The van der Waals surface area contributed by atoms with Crippen LogP contribution in [0.4, 0.5) is 5.69 Å². The van der Waals surface area contributed by atoms with Gasteiger partial charge in [0.25, 0.3) is 5.56 Å². The molecule has 0 spiro atoms. The molecule has 3 aromatic carbocycles. The Labute approximate surface area is 212 Å². The summed E-state index contributed by atoms with van der Waals surface area (Å²) in [5.74, 6) is 0.554. The highest BCUT2D eigenvalue weighted by atomic mass is 32.2. The Morgan fingerprint density at radius 2 is 1.75 bits per heavy atom. The number of amides is 1. The quantitative estimate of drug-likeness (QED) is 0.228. The Bertz CT molecular complexity index is 1560. The average molecular weight is 497 g/mol. The van der Waals surface area contributed by atoms with Gasteiger partial charge in [-0.2, -0.15) is 0 Å². The van der Waals surface area contributed by atoms with Crippen molar-refractivity contribution in [3.05, 3.63) is 107 Å². The number of thioether (sulfide) groups is 1. The average Bonchev–Trinajstić information content (AvgIpc) is 3.35. The number of aromatic nitrogens is 3. The fourth-order valence-electron chi connectivity index (χ4n) is 3.90. The standard InChI is InChI=1S/C28H24N4O3S/c1-35-22-14-8-13-21(15-22)29-25(33)18-36-28-31-24-16-23(20-11-6-3-7-12-20)30-26(24)27(34)32(28)17-19-9-4-2-5-10-19/h2-16,30H,17-18H2,1H3,(H,29,33). The molecule has 5 aromatic rings. The molecule has 1 amide bonds. The third-order valence-corrected chi connectivity index (χ3v) is 6.63. The van der Waals surface area contributed by atoms with E-state index in [1.54, 1.807) is 23.8 Å². The molecule has 0 unspecified atom stereocenters. The molecule has 0 bridgehead atoms. The van der Waals surface area contributed by atoms with Crippen molar-refractivity contribution in [2.75, 3.05) is 18.2 Å². The number of nitrogens with zero attached hydrogens (tertiary/aromatic N) is 2.